The lowest BCUT2D eigenvalue weighted by atomic mass is 10.2. The lowest BCUT2D eigenvalue weighted by molar-refractivity contribution is 0.0375. The molecule has 0 aromatic heterocycles. The molecule has 7 heteroatoms. The quantitative estimate of drug-likeness (QED) is 0.586. The molecule has 0 spiro atoms. The van der Waals surface area contributed by atoms with Crippen molar-refractivity contribution in [3.8, 4) is 0 Å². The van der Waals surface area contributed by atoms with Crippen molar-refractivity contribution >= 4 is 17.7 Å². The molecule has 0 atom stereocenters. The van der Waals surface area contributed by atoms with Crippen LogP contribution in [-0.4, -0.2) is 62.9 Å². The topological polar surface area (TPSA) is 79.9 Å². The number of benzene rings is 1. The molecule has 2 amide bonds. The van der Waals surface area contributed by atoms with Crippen LogP contribution in [0, 0.1) is 0 Å². The zero-order chi connectivity index (χ0) is 17.2. The van der Waals surface area contributed by atoms with Crippen LogP contribution in [0.3, 0.4) is 0 Å². The highest BCUT2D eigenvalue weighted by molar-refractivity contribution is 5.92. The number of esters is 1. The largest absolute Gasteiger partial charge is 0.462 e. The maximum atomic E-state index is 11.8. The molecule has 1 heterocycles. The highest BCUT2D eigenvalue weighted by atomic mass is 16.5. The first-order valence-corrected chi connectivity index (χ1v) is 8.31. The van der Waals surface area contributed by atoms with Gasteiger partial charge in [-0.25, -0.2) is 9.59 Å². The Bertz CT molecular complexity index is 527. The maximum Gasteiger partial charge on any atom is 0.338 e. The molecule has 2 rings (SSSR count). The number of urea groups is 1. The van der Waals surface area contributed by atoms with Crippen LogP contribution in [0.2, 0.25) is 0 Å². The fourth-order valence-electron chi connectivity index (χ4n) is 2.41. The molecule has 24 heavy (non-hydrogen) atoms. The second-order valence-electron chi connectivity index (χ2n) is 5.49. The molecule has 1 saturated heterocycles. The summed E-state index contributed by atoms with van der Waals surface area (Å²) in [4.78, 5) is 25.7. The molecule has 0 aliphatic carbocycles. The number of rotatable bonds is 7. The Morgan fingerprint density at radius 3 is 2.58 bits per heavy atom. The third-order valence-electron chi connectivity index (χ3n) is 3.69. The summed E-state index contributed by atoms with van der Waals surface area (Å²) in [5, 5.41) is 5.57. The number of nitrogens with one attached hydrogen (secondary N) is 2. The van der Waals surface area contributed by atoms with Gasteiger partial charge in [0, 0.05) is 25.3 Å². The molecule has 0 radical (unpaired) electrons. The molecule has 7 nitrogen and oxygen atoms in total. The summed E-state index contributed by atoms with van der Waals surface area (Å²) in [7, 11) is 0. The van der Waals surface area contributed by atoms with Crippen molar-refractivity contribution in [2.45, 2.75) is 13.3 Å². The smallest absolute Gasteiger partial charge is 0.338 e. The van der Waals surface area contributed by atoms with Crippen molar-refractivity contribution in [2.75, 3.05) is 51.3 Å². The van der Waals surface area contributed by atoms with Crippen molar-refractivity contribution < 1.29 is 19.1 Å². The van der Waals surface area contributed by atoms with Crippen LogP contribution in [0.4, 0.5) is 10.5 Å². The first kappa shape index (κ1) is 18.2. The van der Waals surface area contributed by atoms with Gasteiger partial charge in [-0.15, -0.1) is 0 Å². The van der Waals surface area contributed by atoms with Gasteiger partial charge in [0.2, 0.25) is 0 Å². The Morgan fingerprint density at radius 1 is 1.21 bits per heavy atom. The van der Waals surface area contributed by atoms with Gasteiger partial charge in [0.05, 0.1) is 25.4 Å². The Kier molecular flexibility index (Phi) is 7.51. The summed E-state index contributed by atoms with van der Waals surface area (Å²) in [5.74, 6) is -0.364. The molecule has 0 unspecified atom stereocenters. The van der Waals surface area contributed by atoms with Gasteiger partial charge in [-0.3, -0.25) is 4.90 Å². The summed E-state index contributed by atoms with van der Waals surface area (Å²) < 4.78 is 10.2. The van der Waals surface area contributed by atoms with E-state index in [-0.39, 0.29) is 12.0 Å². The Labute approximate surface area is 142 Å². The van der Waals surface area contributed by atoms with E-state index in [1.54, 1.807) is 31.2 Å². The van der Waals surface area contributed by atoms with Crippen LogP contribution in [0.15, 0.2) is 24.3 Å². The molecule has 0 bridgehead atoms. The number of hydrogen-bond acceptors (Lipinski definition) is 5. The van der Waals surface area contributed by atoms with Gasteiger partial charge >= 0.3 is 12.0 Å². The lowest BCUT2D eigenvalue weighted by Gasteiger charge is -2.26. The van der Waals surface area contributed by atoms with Crippen molar-refractivity contribution in [3.05, 3.63) is 29.8 Å². The van der Waals surface area contributed by atoms with Gasteiger partial charge in [0.25, 0.3) is 0 Å². The normalized spacial score (nSPS) is 14.9. The summed E-state index contributed by atoms with van der Waals surface area (Å²) >= 11 is 0. The van der Waals surface area contributed by atoms with E-state index in [0.717, 1.165) is 39.3 Å². The van der Waals surface area contributed by atoms with E-state index in [1.165, 1.54) is 0 Å². The number of amides is 2. The Balaban J connectivity index is 1.65. The monoisotopic (exact) mass is 335 g/mol. The third-order valence-corrected chi connectivity index (χ3v) is 3.69. The SMILES string of the molecule is CCOC(=O)c1ccc(NC(=O)NCCCN2CCOCC2)cc1. The molecular weight excluding hydrogens is 310 g/mol. The fraction of sp³-hybridized carbons (Fsp3) is 0.529. The van der Waals surface area contributed by atoms with Gasteiger partial charge in [-0.2, -0.15) is 0 Å². The summed E-state index contributed by atoms with van der Waals surface area (Å²) in [6.07, 6.45) is 0.898. The first-order chi connectivity index (χ1) is 11.7. The van der Waals surface area contributed by atoms with Crippen LogP contribution in [0.25, 0.3) is 0 Å². The van der Waals surface area contributed by atoms with Crippen molar-refractivity contribution in [1.29, 1.82) is 0 Å². The maximum absolute atomic E-state index is 11.8. The molecule has 1 aromatic carbocycles. The van der Waals surface area contributed by atoms with E-state index < -0.39 is 0 Å². The van der Waals surface area contributed by atoms with Gasteiger partial charge in [0.15, 0.2) is 0 Å². The molecule has 1 fully saturated rings. The number of hydrogen-bond donors (Lipinski definition) is 2. The van der Waals surface area contributed by atoms with Gasteiger partial charge in [0.1, 0.15) is 0 Å². The molecule has 1 aliphatic rings. The minimum Gasteiger partial charge on any atom is -0.462 e. The average Bonchev–Trinajstić information content (AvgIpc) is 2.60. The van der Waals surface area contributed by atoms with E-state index in [9.17, 15) is 9.59 Å². The van der Waals surface area contributed by atoms with Crippen LogP contribution in [0.1, 0.15) is 23.7 Å². The molecule has 1 aliphatic heterocycles. The van der Waals surface area contributed by atoms with E-state index in [1.807, 2.05) is 0 Å². The first-order valence-electron chi connectivity index (χ1n) is 8.31. The number of morpholine rings is 1. The predicted molar refractivity (Wildman–Crippen MR) is 91.3 cm³/mol. The van der Waals surface area contributed by atoms with Crippen molar-refractivity contribution in [3.63, 3.8) is 0 Å². The number of carbonyl (C=O) groups excluding carboxylic acids is 2. The standard InChI is InChI=1S/C17H25N3O4/c1-2-24-16(21)14-4-6-15(7-5-14)19-17(22)18-8-3-9-20-10-12-23-13-11-20/h4-7H,2-3,8-13H2,1H3,(H2,18,19,22). The van der Waals surface area contributed by atoms with E-state index in [4.69, 9.17) is 9.47 Å². The minimum atomic E-state index is -0.364. The number of ether oxygens (including phenoxy) is 2. The molecule has 2 N–H and O–H groups in total. The number of anilines is 1. The van der Waals surface area contributed by atoms with Crippen LogP contribution in [-0.2, 0) is 9.47 Å². The fourth-order valence-corrected chi connectivity index (χ4v) is 2.41. The molecular formula is C17H25N3O4. The zero-order valence-corrected chi connectivity index (χ0v) is 14.0. The second-order valence-corrected chi connectivity index (χ2v) is 5.49. The van der Waals surface area contributed by atoms with Gasteiger partial charge < -0.3 is 20.1 Å². The third kappa shape index (κ3) is 6.17. The molecule has 1 aromatic rings. The average molecular weight is 335 g/mol. The predicted octanol–water partition coefficient (Wildman–Crippen LogP) is 1.71. The number of nitrogens with zero attached hydrogens (tertiary/aromatic N) is 1. The van der Waals surface area contributed by atoms with Crippen molar-refractivity contribution in [2.24, 2.45) is 0 Å². The van der Waals surface area contributed by atoms with Crippen LogP contribution in [0.5, 0.6) is 0 Å². The van der Waals surface area contributed by atoms with E-state index in [0.29, 0.717) is 24.4 Å². The minimum absolute atomic E-state index is 0.249. The summed E-state index contributed by atoms with van der Waals surface area (Å²) in [6, 6.07) is 6.37. The summed E-state index contributed by atoms with van der Waals surface area (Å²) in [5.41, 5.74) is 1.10. The molecule has 0 saturated carbocycles. The zero-order valence-electron chi connectivity index (χ0n) is 14.0. The van der Waals surface area contributed by atoms with Crippen LogP contribution >= 0.6 is 0 Å². The van der Waals surface area contributed by atoms with Gasteiger partial charge in [-0.05, 0) is 44.2 Å². The Hall–Kier alpha value is -2.12. The van der Waals surface area contributed by atoms with Crippen LogP contribution < -0.4 is 10.6 Å². The van der Waals surface area contributed by atoms with Crippen molar-refractivity contribution in [1.82, 2.24) is 10.2 Å². The Morgan fingerprint density at radius 2 is 1.92 bits per heavy atom. The van der Waals surface area contributed by atoms with Gasteiger partial charge in [-0.1, -0.05) is 0 Å². The molecule has 132 valence electrons. The number of carbonyl (C=O) groups is 2. The van der Waals surface area contributed by atoms with E-state index >= 15 is 0 Å². The highest BCUT2D eigenvalue weighted by Gasteiger charge is 2.10. The lowest BCUT2D eigenvalue weighted by Crippen LogP contribution is -2.38. The summed E-state index contributed by atoms with van der Waals surface area (Å²) in [6.45, 7) is 7.16. The van der Waals surface area contributed by atoms with E-state index in [2.05, 4.69) is 15.5 Å². The highest BCUT2D eigenvalue weighted by Crippen LogP contribution is 2.10. The second kappa shape index (κ2) is 9.89.